The SMILES string of the molecule is CCCCCCCCCCCCCCCCCCCCCCCCC(O)C(CO)NC(=O)CCCCCCC/C=C\CCCCCCCCCOC(=O)CCCCCCCCCCCCCCCCC. The van der Waals surface area contributed by atoms with Gasteiger partial charge in [-0.1, -0.05) is 309 Å². The molecule has 0 aliphatic carbocycles. The van der Waals surface area contributed by atoms with Crippen molar-refractivity contribution in [2.75, 3.05) is 13.2 Å². The first-order valence-electron chi connectivity index (χ1n) is 31.9. The minimum Gasteiger partial charge on any atom is -0.466 e. The summed E-state index contributed by atoms with van der Waals surface area (Å²) in [4.78, 5) is 24.6. The first-order valence-corrected chi connectivity index (χ1v) is 31.9. The largest absolute Gasteiger partial charge is 0.466 e. The number of aliphatic hydroxyl groups excluding tert-OH is 2. The van der Waals surface area contributed by atoms with Crippen molar-refractivity contribution < 1.29 is 24.5 Å². The fraction of sp³-hybridized carbons (Fsp3) is 0.938. The summed E-state index contributed by atoms with van der Waals surface area (Å²) in [7, 11) is 0. The smallest absolute Gasteiger partial charge is 0.305 e. The van der Waals surface area contributed by atoms with Gasteiger partial charge in [0.1, 0.15) is 0 Å². The molecule has 0 bridgehead atoms. The second-order valence-corrected chi connectivity index (χ2v) is 22.1. The molecule has 0 heterocycles. The van der Waals surface area contributed by atoms with Crippen LogP contribution in [-0.4, -0.2) is 47.4 Å². The molecule has 0 saturated carbocycles. The van der Waals surface area contributed by atoms with Gasteiger partial charge in [0.15, 0.2) is 0 Å². The Hall–Kier alpha value is -1.40. The van der Waals surface area contributed by atoms with Crippen molar-refractivity contribution >= 4 is 11.9 Å². The summed E-state index contributed by atoms with van der Waals surface area (Å²) < 4.78 is 5.48. The van der Waals surface area contributed by atoms with E-state index < -0.39 is 12.1 Å². The van der Waals surface area contributed by atoms with Crippen LogP contribution in [0.25, 0.3) is 0 Å². The van der Waals surface area contributed by atoms with Crippen molar-refractivity contribution in [1.82, 2.24) is 5.32 Å². The third-order valence-corrected chi connectivity index (χ3v) is 15.1. The van der Waals surface area contributed by atoms with Gasteiger partial charge in [0.05, 0.1) is 25.4 Å². The molecule has 0 aliphatic heterocycles. The van der Waals surface area contributed by atoms with Gasteiger partial charge < -0.3 is 20.3 Å². The van der Waals surface area contributed by atoms with Crippen LogP contribution in [0.15, 0.2) is 12.2 Å². The highest BCUT2D eigenvalue weighted by atomic mass is 16.5. The predicted molar refractivity (Wildman–Crippen MR) is 306 cm³/mol. The van der Waals surface area contributed by atoms with E-state index in [1.54, 1.807) is 0 Å². The van der Waals surface area contributed by atoms with Crippen LogP contribution in [0, 0.1) is 0 Å². The number of rotatable bonds is 60. The molecule has 6 heteroatoms. The molecular weight excluding hydrogens is 863 g/mol. The van der Waals surface area contributed by atoms with Crippen LogP contribution < -0.4 is 5.32 Å². The Balaban J connectivity index is 3.44. The molecule has 3 N–H and O–H groups in total. The fourth-order valence-electron chi connectivity index (χ4n) is 10.2. The van der Waals surface area contributed by atoms with Crippen molar-refractivity contribution in [3.63, 3.8) is 0 Å². The number of ether oxygens (including phenoxy) is 1. The molecule has 0 radical (unpaired) electrons. The highest BCUT2D eigenvalue weighted by Gasteiger charge is 2.20. The molecule has 416 valence electrons. The number of allylic oxidation sites excluding steroid dienone is 2. The number of carbonyl (C=O) groups excluding carboxylic acids is 2. The van der Waals surface area contributed by atoms with E-state index in [0.717, 1.165) is 64.2 Å². The molecule has 70 heavy (non-hydrogen) atoms. The lowest BCUT2D eigenvalue weighted by Crippen LogP contribution is -2.45. The van der Waals surface area contributed by atoms with Crippen molar-refractivity contribution in [1.29, 1.82) is 0 Å². The molecule has 2 unspecified atom stereocenters. The summed E-state index contributed by atoms with van der Waals surface area (Å²) in [6.07, 6.45) is 72.2. The van der Waals surface area contributed by atoms with Gasteiger partial charge in [-0.15, -0.1) is 0 Å². The van der Waals surface area contributed by atoms with Crippen molar-refractivity contribution in [2.24, 2.45) is 0 Å². The maximum atomic E-state index is 12.5. The molecule has 0 aliphatic rings. The van der Waals surface area contributed by atoms with Gasteiger partial charge in [0, 0.05) is 12.8 Å². The topological polar surface area (TPSA) is 95.9 Å². The van der Waals surface area contributed by atoms with Gasteiger partial charge in [-0.2, -0.15) is 0 Å². The Morgan fingerprint density at radius 3 is 1.01 bits per heavy atom. The highest BCUT2D eigenvalue weighted by molar-refractivity contribution is 5.76. The predicted octanol–water partition coefficient (Wildman–Crippen LogP) is 20.0. The number of aliphatic hydroxyl groups is 2. The standard InChI is InChI=1S/C64H125NO5/c1-3-5-7-9-11-13-15-17-19-20-21-22-23-24-25-29-32-36-40-44-48-52-56-62(67)61(60-66)65-63(68)57-53-49-45-41-37-33-30-26-27-31-35-39-43-47-51-55-59-70-64(69)58-54-50-46-42-38-34-28-18-16-14-12-10-8-6-4-2/h26,30,61-62,66-67H,3-25,27-29,31-60H2,1-2H3,(H,65,68)/b30-26-. The highest BCUT2D eigenvalue weighted by Crippen LogP contribution is 2.18. The van der Waals surface area contributed by atoms with Crippen LogP contribution in [0.3, 0.4) is 0 Å². The molecule has 0 aromatic heterocycles. The zero-order chi connectivity index (χ0) is 50.7. The van der Waals surface area contributed by atoms with E-state index in [2.05, 4.69) is 31.3 Å². The van der Waals surface area contributed by atoms with Crippen LogP contribution in [0.5, 0.6) is 0 Å². The second-order valence-electron chi connectivity index (χ2n) is 22.1. The minimum atomic E-state index is -0.675. The van der Waals surface area contributed by atoms with Gasteiger partial charge in [0.25, 0.3) is 0 Å². The molecule has 1 amide bonds. The normalized spacial score (nSPS) is 12.6. The number of hydrogen-bond donors (Lipinski definition) is 3. The Bertz CT molecular complexity index is 1050. The van der Waals surface area contributed by atoms with Crippen molar-refractivity contribution in [3.05, 3.63) is 12.2 Å². The van der Waals surface area contributed by atoms with Gasteiger partial charge in [0.2, 0.25) is 5.91 Å². The van der Waals surface area contributed by atoms with Crippen molar-refractivity contribution in [2.45, 2.75) is 373 Å². The van der Waals surface area contributed by atoms with Crippen LogP contribution in [0.2, 0.25) is 0 Å². The molecule has 0 fully saturated rings. The summed E-state index contributed by atoms with van der Waals surface area (Å²) in [5.41, 5.74) is 0. The maximum absolute atomic E-state index is 12.5. The molecule has 0 spiro atoms. The summed E-state index contributed by atoms with van der Waals surface area (Å²) in [5.74, 6) is -0.0465. The quantitative estimate of drug-likeness (QED) is 0.0321. The summed E-state index contributed by atoms with van der Waals surface area (Å²) in [5, 5.41) is 23.4. The summed E-state index contributed by atoms with van der Waals surface area (Å²) >= 11 is 0. The van der Waals surface area contributed by atoms with E-state index >= 15 is 0 Å². The van der Waals surface area contributed by atoms with Crippen LogP contribution in [-0.2, 0) is 14.3 Å². The first-order chi connectivity index (χ1) is 34.5. The number of hydrogen-bond acceptors (Lipinski definition) is 5. The lowest BCUT2D eigenvalue weighted by Gasteiger charge is -2.22. The van der Waals surface area contributed by atoms with Crippen LogP contribution >= 0.6 is 0 Å². The van der Waals surface area contributed by atoms with Gasteiger partial charge in [-0.25, -0.2) is 0 Å². The Labute approximate surface area is 438 Å². The van der Waals surface area contributed by atoms with E-state index in [4.69, 9.17) is 4.74 Å². The number of esters is 1. The fourth-order valence-corrected chi connectivity index (χ4v) is 10.2. The third kappa shape index (κ3) is 55.9. The molecular formula is C64H125NO5. The van der Waals surface area contributed by atoms with E-state index in [9.17, 15) is 19.8 Å². The number of carbonyl (C=O) groups is 2. The van der Waals surface area contributed by atoms with E-state index in [1.807, 2.05) is 0 Å². The molecule has 0 saturated heterocycles. The third-order valence-electron chi connectivity index (χ3n) is 15.1. The monoisotopic (exact) mass is 988 g/mol. The average Bonchev–Trinajstić information content (AvgIpc) is 3.36. The zero-order valence-corrected chi connectivity index (χ0v) is 47.5. The van der Waals surface area contributed by atoms with Crippen molar-refractivity contribution in [3.8, 4) is 0 Å². The van der Waals surface area contributed by atoms with Gasteiger partial charge in [-0.3, -0.25) is 9.59 Å². The molecule has 6 nitrogen and oxygen atoms in total. The zero-order valence-electron chi connectivity index (χ0n) is 47.5. The maximum Gasteiger partial charge on any atom is 0.305 e. The molecule has 2 atom stereocenters. The Kier molecular flexibility index (Phi) is 59.0. The number of amides is 1. The number of unbranched alkanes of at least 4 members (excludes halogenated alkanes) is 47. The van der Waals surface area contributed by atoms with E-state index in [-0.39, 0.29) is 18.5 Å². The van der Waals surface area contributed by atoms with E-state index in [0.29, 0.717) is 25.9 Å². The lowest BCUT2D eigenvalue weighted by atomic mass is 10.0. The Morgan fingerprint density at radius 2 is 0.671 bits per heavy atom. The molecule has 0 rings (SSSR count). The second kappa shape index (κ2) is 60.2. The first kappa shape index (κ1) is 68.6. The summed E-state index contributed by atoms with van der Waals surface area (Å²) in [6.45, 7) is 4.97. The van der Waals surface area contributed by atoms with Gasteiger partial charge >= 0.3 is 5.97 Å². The Morgan fingerprint density at radius 1 is 0.386 bits per heavy atom. The number of nitrogens with one attached hydrogen (secondary N) is 1. The van der Waals surface area contributed by atoms with E-state index in [1.165, 1.54) is 263 Å². The minimum absolute atomic E-state index is 0.00124. The summed E-state index contributed by atoms with van der Waals surface area (Å²) in [6, 6.07) is -0.554. The molecule has 0 aromatic carbocycles. The lowest BCUT2D eigenvalue weighted by molar-refractivity contribution is -0.143. The van der Waals surface area contributed by atoms with Crippen LogP contribution in [0.1, 0.15) is 361 Å². The van der Waals surface area contributed by atoms with Gasteiger partial charge in [-0.05, 0) is 51.4 Å². The average molecular weight is 989 g/mol. The molecule has 0 aromatic rings. The van der Waals surface area contributed by atoms with Crippen LogP contribution in [0.4, 0.5) is 0 Å².